The summed E-state index contributed by atoms with van der Waals surface area (Å²) in [5, 5.41) is 22.2. The van der Waals surface area contributed by atoms with E-state index in [0.29, 0.717) is 5.56 Å². The Morgan fingerprint density at radius 2 is 0.469 bits per heavy atom. The molecule has 0 amide bonds. The molecule has 18 aromatic rings. The smallest absolute Gasteiger partial charge is 0.100 e. The summed E-state index contributed by atoms with van der Waals surface area (Å²) >= 11 is 0. The average molecular weight is 1230 g/mol. The van der Waals surface area contributed by atoms with Crippen LogP contribution in [0, 0.1) is 52.9 Å². The summed E-state index contributed by atoms with van der Waals surface area (Å²) in [4.78, 5) is 4.60. The largest absolute Gasteiger partial charge is 0.309 e. The lowest BCUT2D eigenvalue weighted by Gasteiger charge is -2.26. The standard InChI is InChI=1S/C90H64N6/c1-54-15-37-80-71(47-54)72-48-55(2)16-38-81(72)94(80)66-29-21-60(22-30-66)86-77(53-91)87(64-43-45-92-46-44-64)89(62-25-33-67(34-26-62)95-82-39-17-56(3)49-73(82)74-50-57(4)18-40-83(74)95)90(63-27-35-68(36-28-63)96-84-41-19-58(5)51-75(84)76-52-59(6)20-42-85(76)96)88(86)61-23-31-65(32-24-61)93-78-13-9-7-11-69(78)70-12-8-10-14-79(70)93/h7-52H,1-6H3. The molecule has 0 radical (unpaired) electrons. The zero-order chi connectivity index (χ0) is 64.6. The van der Waals surface area contributed by atoms with Gasteiger partial charge >= 0.3 is 0 Å². The van der Waals surface area contributed by atoms with Gasteiger partial charge in [0.1, 0.15) is 6.07 Å². The van der Waals surface area contributed by atoms with Crippen LogP contribution in [0.1, 0.15) is 38.9 Å². The third-order valence-corrected chi connectivity index (χ3v) is 20.0. The number of nitriles is 1. The number of para-hydroxylation sites is 2. The molecule has 5 heterocycles. The Kier molecular flexibility index (Phi) is 12.9. The lowest BCUT2D eigenvalue weighted by Crippen LogP contribution is -2.03. The first kappa shape index (κ1) is 56.5. The number of nitrogens with zero attached hydrogens (tertiary/aromatic N) is 6. The Morgan fingerprint density at radius 3 is 0.740 bits per heavy atom. The number of pyridine rings is 1. The SMILES string of the molecule is Cc1ccc2c(c1)c1cc(C)ccc1n2-c1ccc(-c2c(C#N)c(-c3ccncc3)c(-c3ccc(-n4c5ccc(C)cc5c5cc(C)ccc54)cc3)c(-c3ccc(-n4c5ccc(C)cc5c5cc(C)ccc54)cc3)c2-c2ccc(-n3c4ccccc4c4ccccc43)cc2)cc1. The van der Waals surface area contributed by atoms with Crippen molar-refractivity contribution in [3.63, 3.8) is 0 Å². The summed E-state index contributed by atoms with van der Waals surface area (Å²) in [6, 6.07) is 101. The summed E-state index contributed by atoms with van der Waals surface area (Å²) < 4.78 is 9.57. The second kappa shape index (κ2) is 21.9. The maximum Gasteiger partial charge on any atom is 0.100 e. The maximum absolute atomic E-state index is 12.5. The molecule has 0 aliphatic heterocycles. The molecule has 0 unspecified atom stereocenters. The predicted molar refractivity (Wildman–Crippen MR) is 402 cm³/mol. The highest BCUT2D eigenvalue weighted by molar-refractivity contribution is 6.15. The fourth-order valence-corrected chi connectivity index (χ4v) is 15.7. The molecule has 0 bridgehead atoms. The third kappa shape index (κ3) is 8.81. The number of hydrogen-bond acceptors (Lipinski definition) is 2. The minimum atomic E-state index is 0.571. The monoisotopic (exact) mass is 1230 g/mol. The Bertz CT molecular complexity index is 6050. The third-order valence-electron chi connectivity index (χ3n) is 20.0. The number of aryl methyl sites for hydroxylation is 6. The second-order valence-electron chi connectivity index (χ2n) is 26.3. The van der Waals surface area contributed by atoms with Gasteiger partial charge in [-0.1, -0.05) is 155 Å². The topological polar surface area (TPSA) is 56.4 Å². The summed E-state index contributed by atoms with van der Waals surface area (Å²) in [6.07, 6.45) is 3.70. The van der Waals surface area contributed by atoms with Gasteiger partial charge in [0.05, 0.1) is 49.7 Å². The molecule has 6 nitrogen and oxygen atoms in total. The van der Waals surface area contributed by atoms with Gasteiger partial charge in [0.2, 0.25) is 0 Å². The summed E-state index contributed by atoms with van der Waals surface area (Å²) in [7, 11) is 0. The van der Waals surface area contributed by atoms with Crippen molar-refractivity contribution < 1.29 is 0 Å². The molecular weight excluding hydrogens is 1170 g/mol. The molecule has 0 saturated heterocycles. The highest BCUT2D eigenvalue weighted by Crippen LogP contribution is 2.54. The second-order valence-corrected chi connectivity index (χ2v) is 26.3. The van der Waals surface area contributed by atoms with Gasteiger partial charge in [0, 0.05) is 89.4 Å². The Balaban J connectivity index is 0.937. The van der Waals surface area contributed by atoms with Gasteiger partial charge in [0.25, 0.3) is 0 Å². The minimum absolute atomic E-state index is 0.571. The van der Waals surface area contributed by atoms with E-state index in [1.54, 1.807) is 0 Å². The van der Waals surface area contributed by atoms with Gasteiger partial charge in [-0.15, -0.1) is 0 Å². The summed E-state index contributed by atoms with van der Waals surface area (Å²) in [5.74, 6) is 0. The van der Waals surface area contributed by atoms with E-state index >= 15 is 0 Å². The zero-order valence-electron chi connectivity index (χ0n) is 54.2. The lowest BCUT2D eigenvalue weighted by atomic mass is 9.76. The quantitative estimate of drug-likeness (QED) is 0.145. The molecular formula is C90H64N6. The molecule has 0 aliphatic rings. The first-order chi connectivity index (χ1) is 47.0. The molecule has 0 spiro atoms. The van der Waals surface area contributed by atoms with Crippen molar-refractivity contribution in [3.8, 4) is 84.5 Å². The molecule has 18 rings (SSSR count). The molecule has 454 valence electrons. The van der Waals surface area contributed by atoms with E-state index in [1.165, 1.54) is 76.5 Å². The van der Waals surface area contributed by atoms with Gasteiger partial charge < -0.3 is 18.3 Å². The van der Waals surface area contributed by atoms with Crippen LogP contribution >= 0.6 is 0 Å². The number of rotatable bonds is 9. The zero-order valence-corrected chi connectivity index (χ0v) is 54.2. The summed E-state index contributed by atoms with van der Waals surface area (Å²) in [5.41, 5.74) is 30.6. The fourth-order valence-electron chi connectivity index (χ4n) is 15.7. The van der Waals surface area contributed by atoms with Crippen molar-refractivity contribution in [3.05, 3.63) is 318 Å². The van der Waals surface area contributed by atoms with Crippen LogP contribution in [0.5, 0.6) is 0 Å². The van der Waals surface area contributed by atoms with Gasteiger partial charge in [0.15, 0.2) is 0 Å². The van der Waals surface area contributed by atoms with Crippen molar-refractivity contribution in [2.24, 2.45) is 0 Å². The minimum Gasteiger partial charge on any atom is -0.309 e. The Labute approximate surface area is 556 Å². The Hall–Kier alpha value is -12.3. The van der Waals surface area contributed by atoms with E-state index in [0.717, 1.165) is 123 Å². The molecule has 0 aliphatic carbocycles. The fraction of sp³-hybridized carbons (Fsp3) is 0.0667. The molecule has 0 atom stereocenters. The van der Waals surface area contributed by atoms with Gasteiger partial charge in [-0.2, -0.15) is 5.26 Å². The van der Waals surface area contributed by atoms with Gasteiger partial charge in [-0.3, -0.25) is 4.98 Å². The lowest BCUT2D eigenvalue weighted by molar-refractivity contribution is 1.18. The van der Waals surface area contributed by atoms with Crippen molar-refractivity contribution in [1.82, 2.24) is 23.3 Å². The highest BCUT2D eigenvalue weighted by atomic mass is 15.0. The Morgan fingerprint density at radius 1 is 0.240 bits per heavy atom. The van der Waals surface area contributed by atoms with E-state index in [2.05, 4.69) is 338 Å². The highest BCUT2D eigenvalue weighted by Gasteiger charge is 2.30. The van der Waals surface area contributed by atoms with Crippen LogP contribution in [0.2, 0.25) is 0 Å². The van der Waals surface area contributed by atoms with Crippen LogP contribution in [0.3, 0.4) is 0 Å². The van der Waals surface area contributed by atoms with E-state index in [1.807, 2.05) is 12.4 Å². The molecule has 5 aromatic heterocycles. The van der Waals surface area contributed by atoms with E-state index in [4.69, 9.17) is 0 Å². The molecule has 13 aromatic carbocycles. The predicted octanol–water partition coefficient (Wildman–Crippen LogP) is 23.5. The molecule has 0 saturated carbocycles. The van der Waals surface area contributed by atoms with Crippen molar-refractivity contribution >= 4 is 87.2 Å². The van der Waals surface area contributed by atoms with Crippen molar-refractivity contribution in [2.45, 2.75) is 41.5 Å². The molecule has 6 heteroatoms. The first-order valence-electron chi connectivity index (χ1n) is 33.0. The van der Waals surface area contributed by atoms with Crippen LogP contribution in [0.4, 0.5) is 0 Å². The van der Waals surface area contributed by atoms with Crippen LogP contribution in [-0.4, -0.2) is 23.3 Å². The number of hydrogen-bond donors (Lipinski definition) is 0. The van der Waals surface area contributed by atoms with E-state index < -0.39 is 0 Å². The normalized spacial score (nSPS) is 11.8. The molecule has 96 heavy (non-hydrogen) atoms. The van der Waals surface area contributed by atoms with E-state index in [-0.39, 0.29) is 0 Å². The van der Waals surface area contributed by atoms with E-state index in [9.17, 15) is 5.26 Å². The van der Waals surface area contributed by atoms with Crippen molar-refractivity contribution in [1.29, 1.82) is 5.26 Å². The first-order valence-corrected chi connectivity index (χ1v) is 33.0. The van der Waals surface area contributed by atoms with Gasteiger partial charge in [-0.05, 0) is 232 Å². The summed E-state index contributed by atoms with van der Waals surface area (Å²) in [6.45, 7) is 13.0. The number of fused-ring (bicyclic) bond motifs is 12. The van der Waals surface area contributed by atoms with Crippen LogP contribution in [0.25, 0.3) is 166 Å². The number of aromatic nitrogens is 5. The maximum atomic E-state index is 12.5. The molecule has 0 N–H and O–H groups in total. The van der Waals surface area contributed by atoms with Crippen LogP contribution in [-0.2, 0) is 0 Å². The average Bonchev–Trinajstić information content (AvgIpc) is 1.10. The van der Waals surface area contributed by atoms with Crippen LogP contribution in [0.15, 0.2) is 279 Å². The van der Waals surface area contributed by atoms with Crippen molar-refractivity contribution in [2.75, 3.05) is 0 Å². The molecule has 0 fully saturated rings. The van der Waals surface area contributed by atoms with Gasteiger partial charge in [-0.25, -0.2) is 0 Å². The number of benzene rings is 13. The van der Waals surface area contributed by atoms with Crippen LogP contribution < -0.4 is 0 Å².